The lowest BCUT2D eigenvalue weighted by molar-refractivity contribution is -0.128. The number of allylic oxidation sites excluding steroid dienone is 4. The van der Waals surface area contributed by atoms with E-state index < -0.39 is 0 Å². The molecule has 0 aromatic heterocycles. The van der Waals surface area contributed by atoms with Crippen LogP contribution in [0.1, 0.15) is 39.5 Å². The summed E-state index contributed by atoms with van der Waals surface area (Å²) in [5.74, 6) is 1.79. The van der Waals surface area contributed by atoms with E-state index in [1.807, 2.05) is 23.1 Å². The van der Waals surface area contributed by atoms with Gasteiger partial charge >= 0.3 is 0 Å². The summed E-state index contributed by atoms with van der Waals surface area (Å²) >= 11 is 0. The van der Waals surface area contributed by atoms with Crippen molar-refractivity contribution in [2.45, 2.75) is 39.5 Å². The highest BCUT2D eigenvalue weighted by Gasteiger charge is 2.26. The highest BCUT2D eigenvalue weighted by Crippen LogP contribution is 2.27. The van der Waals surface area contributed by atoms with Crippen LogP contribution in [0.4, 0.5) is 0 Å². The van der Waals surface area contributed by atoms with E-state index in [-0.39, 0.29) is 5.91 Å². The lowest BCUT2D eigenvalue weighted by Crippen LogP contribution is -2.40. The first-order valence-electron chi connectivity index (χ1n) is 7.55. The highest BCUT2D eigenvalue weighted by molar-refractivity contribution is 5.96. The molecule has 0 N–H and O–H groups in total. The third kappa shape index (κ3) is 3.59. The van der Waals surface area contributed by atoms with Gasteiger partial charge in [0, 0.05) is 18.7 Å². The molecule has 2 heteroatoms. The Morgan fingerprint density at radius 3 is 2.79 bits per heavy atom. The maximum Gasteiger partial charge on any atom is 0.253 e. The van der Waals surface area contributed by atoms with Gasteiger partial charge in [-0.2, -0.15) is 0 Å². The second-order valence-corrected chi connectivity index (χ2v) is 5.70. The Labute approximate surface area is 116 Å². The Hall–Kier alpha value is -1.31. The van der Waals surface area contributed by atoms with Crippen molar-refractivity contribution >= 4 is 5.91 Å². The van der Waals surface area contributed by atoms with Gasteiger partial charge in [-0.05, 0) is 37.2 Å². The zero-order valence-electron chi connectivity index (χ0n) is 12.1. The van der Waals surface area contributed by atoms with Crippen molar-refractivity contribution in [3.05, 3.63) is 36.0 Å². The number of rotatable bonds is 3. The predicted octanol–water partition coefficient (Wildman–Crippen LogP) is 3.71. The summed E-state index contributed by atoms with van der Waals surface area (Å²) in [5.41, 5.74) is 0.829. The summed E-state index contributed by atoms with van der Waals surface area (Å²) in [4.78, 5) is 14.4. The molecule has 0 saturated carbocycles. The molecule has 1 unspecified atom stereocenters. The number of carbonyl (C=O) groups excluding carboxylic acids is 1. The smallest absolute Gasteiger partial charge is 0.253 e. The van der Waals surface area contributed by atoms with Crippen molar-refractivity contribution in [3.8, 4) is 0 Å². The van der Waals surface area contributed by atoms with Gasteiger partial charge in [0.1, 0.15) is 0 Å². The maximum atomic E-state index is 12.4. The second-order valence-electron chi connectivity index (χ2n) is 5.70. The van der Waals surface area contributed by atoms with Crippen LogP contribution >= 0.6 is 0 Å². The molecule has 1 heterocycles. The van der Waals surface area contributed by atoms with E-state index in [9.17, 15) is 4.79 Å². The van der Waals surface area contributed by atoms with Crippen molar-refractivity contribution < 1.29 is 4.79 Å². The fraction of sp³-hybridized carbons (Fsp3) is 0.588. The van der Waals surface area contributed by atoms with Gasteiger partial charge in [-0.3, -0.25) is 4.79 Å². The third-order valence-electron chi connectivity index (χ3n) is 4.50. The molecule has 0 radical (unpaired) electrons. The molecule has 1 aliphatic carbocycles. The van der Waals surface area contributed by atoms with Crippen LogP contribution in [0.2, 0.25) is 0 Å². The van der Waals surface area contributed by atoms with Gasteiger partial charge in [-0.15, -0.1) is 0 Å². The van der Waals surface area contributed by atoms with Crippen LogP contribution in [-0.2, 0) is 4.79 Å². The Bertz CT molecular complexity index is 397. The summed E-state index contributed by atoms with van der Waals surface area (Å²) < 4.78 is 0. The number of hydrogen-bond acceptors (Lipinski definition) is 1. The van der Waals surface area contributed by atoms with E-state index in [1.54, 1.807) is 0 Å². The van der Waals surface area contributed by atoms with Gasteiger partial charge in [0.05, 0.1) is 0 Å². The fourth-order valence-electron chi connectivity index (χ4n) is 2.91. The zero-order chi connectivity index (χ0) is 13.7. The molecular formula is C17H25NO. The number of hydrogen-bond donors (Lipinski definition) is 0. The monoisotopic (exact) mass is 259 g/mol. The van der Waals surface area contributed by atoms with E-state index in [0.717, 1.165) is 49.8 Å². The molecule has 0 spiro atoms. The molecule has 2 nitrogen and oxygen atoms in total. The van der Waals surface area contributed by atoms with Gasteiger partial charge in [-0.25, -0.2) is 0 Å². The molecule has 1 amide bonds. The molecule has 0 aromatic rings. The van der Waals surface area contributed by atoms with Crippen LogP contribution in [0, 0.1) is 11.8 Å². The molecule has 1 saturated heterocycles. The number of carbonyl (C=O) groups is 1. The van der Waals surface area contributed by atoms with Crippen LogP contribution in [0.3, 0.4) is 0 Å². The molecule has 2 rings (SSSR count). The molecule has 104 valence electrons. The Morgan fingerprint density at radius 1 is 1.37 bits per heavy atom. The quantitative estimate of drug-likeness (QED) is 0.756. The van der Waals surface area contributed by atoms with E-state index in [2.05, 4.69) is 26.0 Å². The van der Waals surface area contributed by atoms with Gasteiger partial charge in [-0.1, -0.05) is 44.6 Å². The van der Waals surface area contributed by atoms with Crippen molar-refractivity contribution in [3.63, 3.8) is 0 Å². The minimum atomic E-state index is 0.199. The van der Waals surface area contributed by atoms with E-state index in [1.165, 1.54) is 6.42 Å². The SMILES string of the molecule is CCC(C)C1CCN(C(=O)C2=CC=CCC=C2)CC1. The molecule has 1 atom stereocenters. The average molecular weight is 259 g/mol. The topological polar surface area (TPSA) is 20.3 Å². The summed E-state index contributed by atoms with van der Waals surface area (Å²) in [6, 6.07) is 0. The van der Waals surface area contributed by atoms with Crippen LogP contribution in [0.15, 0.2) is 36.0 Å². The molecule has 1 fully saturated rings. The first kappa shape index (κ1) is 14.1. The summed E-state index contributed by atoms with van der Waals surface area (Å²) in [5, 5.41) is 0. The summed E-state index contributed by atoms with van der Waals surface area (Å²) in [7, 11) is 0. The van der Waals surface area contributed by atoms with Crippen LogP contribution in [-0.4, -0.2) is 23.9 Å². The van der Waals surface area contributed by atoms with Crippen molar-refractivity contribution in [2.75, 3.05) is 13.1 Å². The average Bonchev–Trinajstić information content (AvgIpc) is 2.75. The van der Waals surface area contributed by atoms with Gasteiger partial charge in [0.25, 0.3) is 5.91 Å². The molecule has 19 heavy (non-hydrogen) atoms. The first-order chi connectivity index (χ1) is 9.22. The Balaban J connectivity index is 1.92. The first-order valence-corrected chi connectivity index (χ1v) is 7.55. The van der Waals surface area contributed by atoms with Crippen molar-refractivity contribution in [2.24, 2.45) is 11.8 Å². The van der Waals surface area contributed by atoms with Crippen LogP contribution in [0.5, 0.6) is 0 Å². The molecule has 2 aliphatic rings. The van der Waals surface area contributed by atoms with Crippen LogP contribution < -0.4 is 0 Å². The van der Waals surface area contributed by atoms with E-state index in [4.69, 9.17) is 0 Å². The van der Waals surface area contributed by atoms with Gasteiger partial charge < -0.3 is 4.90 Å². The van der Waals surface area contributed by atoms with Gasteiger partial charge in [0.15, 0.2) is 0 Å². The highest BCUT2D eigenvalue weighted by atomic mass is 16.2. The predicted molar refractivity (Wildman–Crippen MR) is 79.7 cm³/mol. The summed E-state index contributed by atoms with van der Waals surface area (Å²) in [6.07, 6.45) is 14.5. The molecule has 0 bridgehead atoms. The lowest BCUT2D eigenvalue weighted by atomic mass is 9.84. The Morgan fingerprint density at radius 2 is 2.11 bits per heavy atom. The number of amides is 1. The number of likely N-dealkylation sites (tertiary alicyclic amines) is 1. The zero-order valence-corrected chi connectivity index (χ0v) is 12.1. The minimum Gasteiger partial charge on any atom is -0.339 e. The Kier molecular flexibility index (Phi) is 5.00. The van der Waals surface area contributed by atoms with Crippen molar-refractivity contribution in [1.29, 1.82) is 0 Å². The van der Waals surface area contributed by atoms with Crippen molar-refractivity contribution in [1.82, 2.24) is 4.90 Å². The van der Waals surface area contributed by atoms with E-state index in [0.29, 0.717) is 0 Å². The number of piperidine rings is 1. The maximum absolute atomic E-state index is 12.4. The largest absolute Gasteiger partial charge is 0.339 e. The van der Waals surface area contributed by atoms with E-state index >= 15 is 0 Å². The number of nitrogens with zero attached hydrogens (tertiary/aromatic N) is 1. The second kappa shape index (κ2) is 6.74. The molecular weight excluding hydrogens is 234 g/mol. The fourth-order valence-corrected chi connectivity index (χ4v) is 2.91. The standard InChI is InChI=1S/C17H25NO/c1-3-14(2)15-10-12-18(13-11-15)17(19)16-8-6-4-5-7-9-16/h4,6-9,14-15H,3,5,10-13H2,1-2H3. The third-order valence-corrected chi connectivity index (χ3v) is 4.50. The normalized spacial score (nSPS) is 22.0. The van der Waals surface area contributed by atoms with Crippen LogP contribution in [0.25, 0.3) is 0 Å². The van der Waals surface area contributed by atoms with Gasteiger partial charge in [0.2, 0.25) is 0 Å². The lowest BCUT2D eigenvalue weighted by Gasteiger charge is -2.34. The molecule has 0 aromatic carbocycles. The minimum absolute atomic E-state index is 0.199. The molecule has 1 aliphatic heterocycles. The summed E-state index contributed by atoms with van der Waals surface area (Å²) in [6.45, 7) is 6.44.